The first-order chi connectivity index (χ1) is 20.0. The Hall–Kier alpha value is -3.65. The van der Waals surface area contributed by atoms with Crippen molar-refractivity contribution in [3.63, 3.8) is 0 Å². The maximum absolute atomic E-state index is 14.3. The summed E-state index contributed by atoms with van der Waals surface area (Å²) in [6.07, 6.45) is 6.58. The molecule has 224 valence electrons. The van der Waals surface area contributed by atoms with Crippen LogP contribution in [-0.2, 0) is 32.6 Å². The normalized spacial score (nSPS) is 14.7. The van der Waals surface area contributed by atoms with E-state index >= 15 is 0 Å². The Morgan fingerprint density at radius 3 is 2.14 bits per heavy atom. The highest BCUT2D eigenvalue weighted by Gasteiger charge is 2.34. The SMILES string of the molecule is Cc1ccc(CN(C(=O)CN(c2cc(C)ccc2C)S(C)(=O)=O)[C@H](Cc2ccccc2)C(=O)NC2CCCCC2)cc1. The molecule has 0 radical (unpaired) electrons. The lowest BCUT2D eigenvalue weighted by Gasteiger charge is -2.35. The van der Waals surface area contributed by atoms with Gasteiger partial charge in [0.25, 0.3) is 0 Å². The van der Waals surface area contributed by atoms with E-state index in [2.05, 4.69) is 5.32 Å². The van der Waals surface area contributed by atoms with Crippen LogP contribution in [0.25, 0.3) is 0 Å². The molecule has 0 unspecified atom stereocenters. The molecule has 1 fully saturated rings. The molecular formula is C34H43N3O4S. The highest BCUT2D eigenvalue weighted by molar-refractivity contribution is 7.92. The molecule has 0 saturated heterocycles. The summed E-state index contributed by atoms with van der Waals surface area (Å²) in [7, 11) is -3.81. The van der Waals surface area contributed by atoms with Crippen LogP contribution in [0.15, 0.2) is 72.8 Å². The van der Waals surface area contributed by atoms with E-state index in [-0.39, 0.29) is 18.5 Å². The second-order valence-corrected chi connectivity index (χ2v) is 13.5. The third-order valence-electron chi connectivity index (χ3n) is 8.01. The molecule has 1 atom stereocenters. The van der Waals surface area contributed by atoms with Gasteiger partial charge in [0, 0.05) is 19.0 Å². The monoisotopic (exact) mass is 589 g/mol. The van der Waals surface area contributed by atoms with Crippen LogP contribution in [0, 0.1) is 20.8 Å². The van der Waals surface area contributed by atoms with Gasteiger partial charge in [-0.2, -0.15) is 0 Å². The van der Waals surface area contributed by atoms with Crippen molar-refractivity contribution in [2.24, 2.45) is 0 Å². The third kappa shape index (κ3) is 8.44. The highest BCUT2D eigenvalue weighted by atomic mass is 32.2. The lowest BCUT2D eigenvalue weighted by atomic mass is 9.94. The molecule has 1 saturated carbocycles. The highest BCUT2D eigenvalue weighted by Crippen LogP contribution is 2.25. The lowest BCUT2D eigenvalue weighted by Crippen LogP contribution is -2.55. The van der Waals surface area contributed by atoms with E-state index in [4.69, 9.17) is 0 Å². The Labute approximate surface area is 251 Å². The van der Waals surface area contributed by atoms with Gasteiger partial charge in [-0.3, -0.25) is 13.9 Å². The zero-order valence-electron chi connectivity index (χ0n) is 25.2. The number of sulfonamides is 1. The quantitative estimate of drug-likeness (QED) is 0.322. The minimum atomic E-state index is -3.81. The zero-order valence-corrected chi connectivity index (χ0v) is 26.0. The number of amides is 2. The second-order valence-electron chi connectivity index (χ2n) is 11.6. The molecule has 1 aliphatic carbocycles. The first kappa shape index (κ1) is 31.3. The van der Waals surface area contributed by atoms with Gasteiger partial charge >= 0.3 is 0 Å². The van der Waals surface area contributed by atoms with Gasteiger partial charge in [0.1, 0.15) is 12.6 Å². The van der Waals surface area contributed by atoms with Gasteiger partial charge < -0.3 is 10.2 Å². The summed E-state index contributed by atoms with van der Waals surface area (Å²) in [6.45, 7) is 5.49. The molecule has 1 N–H and O–H groups in total. The Balaban J connectivity index is 1.73. The van der Waals surface area contributed by atoms with Crippen LogP contribution in [0.4, 0.5) is 5.69 Å². The standard InChI is InChI=1S/C34H43N3O4S/c1-25-16-19-29(20-17-25)23-36(33(38)24-37(42(4,40)41)31-21-26(2)15-18-27(31)3)32(22-28-11-7-5-8-12-28)34(39)35-30-13-9-6-10-14-30/h5,7-8,11-12,15-21,30,32H,6,9-10,13-14,22-24H2,1-4H3,(H,35,39)/t32-/m1/s1. The first-order valence-electron chi connectivity index (χ1n) is 14.8. The fourth-order valence-corrected chi connectivity index (χ4v) is 6.47. The molecule has 0 aliphatic heterocycles. The fraction of sp³-hybridized carbons (Fsp3) is 0.412. The maximum Gasteiger partial charge on any atom is 0.244 e. The van der Waals surface area contributed by atoms with Crippen LogP contribution < -0.4 is 9.62 Å². The van der Waals surface area contributed by atoms with Crippen molar-refractivity contribution in [3.8, 4) is 0 Å². The molecule has 3 aromatic carbocycles. The van der Waals surface area contributed by atoms with Gasteiger partial charge in [0.15, 0.2) is 0 Å². The predicted molar refractivity (Wildman–Crippen MR) is 169 cm³/mol. The molecule has 1 aliphatic rings. The summed E-state index contributed by atoms with van der Waals surface area (Å²) in [5.74, 6) is -0.634. The van der Waals surface area contributed by atoms with E-state index in [1.54, 1.807) is 11.0 Å². The average molecular weight is 590 g/mol. The molecule has 42 heavy (non-hydrogen) atoms. The minimum Gasteiger partial charge on any atom is -0.352 e. The number of nitrogens with zero attached hydrogens (tertiary/aromatic N) is 2. The number of benzene rings is 3. The number of hydrogen-bond donors (Lipinski definition) is 1. The first-order valence-corrected chi connectivity index (χ1v) is 16.6. The van der Waals surface area contributed by atoms with Gasteiger partial charge in [-0.25, -0.2) is 8.42 Å². The summed E-state index contributed by atoms with van der Waals surface area (Å²) >= 11 is 0. The van der Waals surface area contributed by atoms with E-state index in [9.17, 15) is 18.0 Å². The zero-order chi connectivity index (χ0) is 30.3. The van der Waals surface area contributed by atoms with Gasteiger partial charge in [-0.05, 0) is 61.9 Å². The average Bonchev–Trinajstić information content (AvgIpc) is 2.96. The number of anilines is 1. The fourth-order valence-electron chi connectivity index (χ4n) is 5.57. The van der Waals surface area contributed by atoms with Crippen molar-refractivity contribution >= 4 is 27.5 Å². The molecule has 4 rings (SSSR count). The van der Waals surface area contributed by atoms with Crippen LogP contribution in [-0.4, -0.2) is 50.0 Å². The van der Waals surface area contributed by atoms with E-state index in [0.29, 0.717) is 12.1 Å². The molecule has 7 nitrogen and oxygen atoms in total. The molecule has 0 spiro atoms. The molecule has 0 aromatic heterocycles. The summed E-state index contributed by atoms with van der Waals surface area (Å²) in [5, 5.41) is 3.24. The summed E-state index contributed by atoms with van der Waals surface area (Å²) < 4.78 is 27.3. The Morgan fingerprint density at radius 1 is 0.857 bits per heavy atom. The van der Waals surface area contributed by atoms with Crippen molar-refractivity contribution in [2.45, 2.75) is 77.9 Å². The molecule has 0 heterocycles. The van der Waals surface area contributed by atoms with Crippen molar-refractivity contribution in [1.29, 1.82) is 0 Å². The Bertz CT molecular complexity index is 1470. The Morgan fingerprint density at radius 2 is 1.50 bits per heavy atom. The van der Waals surface area contributed by atoms with E-state index < -0.39 is 28.5 Å². The third-order valence-corrected chi connectivity index (χ3v) is 9.14. The van der Waals surface area contributed by atoms with Crippen LogP contribution in [0.3, 0.4) is 0 Å². The largest absolute Gasteiger partial charge is 0.352 e. The van der Waals surface area contributed by atoms with Gasteiger partial charge in [0.05, 0.1) is 11.9 Å². The van der Waals surface area contributed by atoms with Crippen LogP contribution in [0.1, 0.15) is 59.9 Å². The molecule has 0 bridgehead atoms. The van der Waals surface area contributed by atoms with Crippen molar-refractivity contribution < 1.29 is 18.0 Å². The number of hydrogen-bond acceptors (Lipinski definition) is 4. The molecule has 2 amide bonds. The smallest absolute Gasteiger partial charge is 0.244 e. The number of aryl methyl sites for hydroxylation is 3. The van der Waals surface area contributed by atoms with Crippen molar-refractivity contribution in [2.75, 3.05) is 17.1 Å². The second kappa shape index (κ2) is 14.0. The number of rotatable bonds is 11. The van der Waals surface area contributed by atoms with Crippen molar-refractivity contribution in [1.82, 2.24) is 10.2 Å². The van der Waals surface area contributed by atoms with Gasteiger partial charge in [-0.1, -0.05) is 91.6 Å². The number of carbonyl (C=O) groups is 2. The van der Waals surface area contributed by atoms with Gasteiger partial charge in [-0.15, -0.1) is 0 Å². The topological polar surface area (TPSA) is 86.8 Å². The van der Waals surface area contributed by atoms with Crippen LogP contribution in [0.5, 0.6) is 0 Å². The lowest BCUT2D eigenvalue weighted by molar-refractivity contribution is -0.140. The molecule has 8 heteroatoms. The van der Waals surface area contributed by atoms with Gasteiger partial charge in [0.2, 0.25) is 21.8 Å². The number of carbonyl (C=O) groups excluding carboxylic acids is 2. The summed E-state index contributed by atoms with van der Waals surface area (Å²) in [5.41, 5.74) is 4.99. The maximum atomic E-state index is 14.3. The van der Waals surface area contributed by atoms with E-state index in [0.717, 1.165) is 66.2 Å². The summed E-state index contributed by atoms with van der Waals surface area (Å²) in [6, 6.07) is 22.3. The van der Waals surface area contributed by atoms with E-state index in [1.807, 2.05) is 87.5 Å². The number of nitrogens with one attached hydrogen (secondary N) is 1. The van der Waals surface area contributed by atoms with Crippen LogP contribution >= 0.6 is 0 Å². The molecular weight excluding hydrogens is 546 g/mol. The van der Waals surface area contributed by atoms with Crippen LogP contribution in [0.2, 0.25) is 0 Å². The Kier molecular flexibility index (Phi) is 10.4. The van der Waals surface area contributed by atoms with E-state index in [1.165, 1.54) is 4.31 Å². The summed E-state index contributed by atoms with van der Waals surface area (Å²) in [4.78, 5) is 29.9. The van der Waals surface area contributed by atoms with Crippen molar-refractivity contribution in [3.05, 3.63) is 101 Å². The minimum absolute atomic E-state index is 0.0725. The molecule has 3 aromatic rings. The predicted octanol–water partition coefficient (Wildman–Crippen LogP) is 5.47.